The number of para-hydroxylation sites is 1. The van der Waals surface area contributed by atoms with Gasteiger partial charge in [0, 0.05) is 11.3 Å². The van der Waals surface area contributed by atoms with Crippen LogP contribution in [-0.4, -0.2) is 22.7 Å². The minimum atomic E-state index is -0.809. The first kappa shape index (κ1) is 15.5. The number of carboxylic acids is 1. The first-order valence-electron chi connectivity index (χ1n) is 6.97. The summed E-state index contributed by atoms with van der Waals surface area (Å²) in [4.78, 5) is 16.2. The Labute approximate surface area is 128 Å². The number of aliphatic carboxylic acids is 1. The molecule has 1 aromatic heterocycles. The topological polar surface area (TPSA) is 59.4 Å². The number of nitrogens with zero attached hydrogens (tertiary/aromatic N) is 1. The summed E-state index contributed by atoms with van der Waals surface area (Å²) in [6.07, 6.45) is 1.52. The molecule has 4 nitrogen and oxygen atoms in total. The first-order valence-corrected chi connectivity index (χ1v) is 7.79. The highest BCUT2D eigenvalue weighted by molar-refractivity contribution is 7.11. The lowest BCUT2D eigenvalue weighted by molar-refractivity contribution is -0.136. The second kappa shape index (κ2) is 7.22. The molecule has 0 spiro atoms. The highest BCUT2D eigenvalue weighted by Gasteiger charge is 2.12. The van der Waals surface area contributed by atoms with E-state index in [0.717, 1.165) is 33.3 Å². The van der Waals surface area contributed by atoms with E-state index in [1.54, 1.807) is 0 Å². The van der Waals surface area contributed by atoms with E-state index < -0.39 is 5.97 Å². The number of aryl methyl sites for hydroxylation is 2. The molecular formula is C16H19NO3S. The van der Waals surface area contributed by atoms with Gasteiger partial charge in [0.05, 0.1) is 23.7 Å². The van der Waals surface area contributed by atoms with E-state index in [1.807, 2.05) is 38.1 Å². The second-order valence-corrected chi connectivity index (χ2v) is 5.93. The van der Waals surface area contributed by atoms with Crippen LogP contribution in [0.25, 0.3) is 0 Å². The maximum absolute atomic E-state index is 10.8. The smallest absolute Gasteiger partial charge is 0.308 e. The van der Waals surface area contributed by atoms with Crippen LogP contribution in [0.3, 0.4) is 0 Å². The van der Waals surface area contributed by atoms with Gasteiger partial charge in [-0.3, -0.25) is 4.79 Å². The summed E-state index contributed by atoms with van der Waals surface area (Å²) in [5, 5.41) is 9.85. The minimum absolute atomic E-state index is 0.0551. The fourth-order valence-electron chi connectivity index (χ4n) is 2.06. The molecule has 2 aromatic rings. The Hall–Kier alpha value is -1.88. The van der Waals surface area contributed by atoms with E-state index in [1.165, 1.54) is 11.3 Å². The molecule has 0 aliphatic heterocycles. The fraction of sp³-hybridized carbons (Fsp3) is 0.375. The van der Waals surface area contributed by atoms with Gasteiger partial charge in [0.2, 0.25) is 0 Å². The molecule has 21 heavy (non-hydrogen) atoms. The third kappa shape index (κ3) is 4.29. The lowest BCUT2D eigenvalue weighted by Gasteiger charge is -2.07. The molecule has 0 aliphatic rings. The van der Waals surface area contributed by atoms with Gasteiger partial charge >= 0.3 is 5.97 Å². The monoisotopic (exact) mass is 305 g/mol. The van der Waals surface area contributed by atoms with Crippen molar-refractivity contribution in [3.63, 3.8) is 0 Å². The standard InChI is InChI=1S/C16H19NO3S/c1-3-12-14(10-16(18)19)21-15(17-12)8-9-20-13-7-5-4-6-11(13)2/h4-7H,3,8-10H2,1-2H3,(H,18,19). The number of benzene rings is 1. The van der Waals surface area contributed by atoms with E-state index in [-0.39, 0.29) is 6.42 Å². The minimum Gasteiger partial charge on any atom is -0.493 e. The molecule has 0 atom stereocenters. The summed E-state index contributed by atoms with van der Waals surface area (Å²) in [6, 6.07) is 7.89. The van der Waals surface area contributed by atoms with Crippen LogP contribution < -0.4 is 4.74 Å². The zero-order valence-corrected chi connectivity index (χ0v) is 13.1. The van der Waals surface area contributed by atoms with E-state index in [0.29, 0.717) is 13.0 Å². The summed E-state index contributed by atoms with van der Waals surface area (Å²) in [7, 11) is 0. The van der Waals surface area contributed by atoms with E-state index >= 15 is 0 Å². The molecule has 0 saturated heterocycles. The van der Waals surface area contributed by atoms with Crippen LogP contribution in [0.15, 0.2) is 24.3 Å². The second-order valence-electron chi connectivity index (χ2n) is 4.77. The van der Waals surface area contributed by atoms with Crippen molar-refractivity contribution >= 4 is 17.3 Å². The van der Waals surface area contributed by atoms with Crippen LogP contribution in [0.1, 0.15) is 28.1 Å². The van der Waals surface area contributed by atoms with Crippen molar-refractivity contribution < 1.29 is 14.6 Å². The van der Waals surface area contributed by atoms with Crippen LogP contribution in [0.2, 0.25) is 0 Å². The van der Waals surface area contributed by atoms with Crippen LogP contribution in [0, 0.1) is 6.92 Å². The number of thiazole rings is 1. The van der Waals surface area contributed by atoms with Crippen molar-refractivity contribution in [3.8, 4) is 5.75 Å². The first-order chi connectivity index (χ1) is 10.1. The Bertz CT molecular complexity index is 622. The molecule has 112 valence electrons. The van der Waals surface area contributed by atoms with Gasteiger partial charge in [-0.15, -0.1) is 11.3 Å². The maximum Gasteiger partial charge on any atom is 0.308 e. The largest absolute Gasteiger partial charge is 0.493 e. The number of carbonyl (C=O) groups is 1. The van der Waals surface area contributed by atoms with E-state index in [2.05, 4.69) is 4.98 Å². The molecule has 0 unspecified atom stereocenters. The number of rotatable bonds is 7. The molecular weight excluding hydrogens is 286 g/mol. The van der Waals surface area contributed by atoms with Crippen molar-refractivity contribution in [2.24, 2.45) is 0 Å². The summed E-state index contributed by atoms with van der Waals surface area (Å²) in [5.74, 6) is 0.0755. The third-order valence-electron chi connectivity index (χ3n) is 3.14. The van der Waals surface area contributed by atoms with Gasteiger partial charge in [-0.05, 0) is 25.0 Å². The number of hydrogen-bond acceptors (Lipinski definition) is 4. The SMILES string of the molecule is CCc1nc(CCOc2ccccc2C)sc1CC(=O)O. The van der Waals surface area contributed by atoms with Crippen LogP contribution >= 0.6 is 11.3 Å². The molecule has 2 rings (SSSR count). The summed E-state index contributed by atoms with van der Waals surface area (Å²) in [6.45, 7) is 4.56. The Morgan fingerprint density at radius 1 is 1.38 bits per heavy atom. The van der Waals surface area contributed by atoms with Crippen LogP contribution in [0.4, 0.5) is 0 Å². The van der Waals surface area contributed by atoms with Gasteiger partial charge in [-0.1, -0.05) is 25.1 Å². The third-order valence-corrected chi connectivity index (χ3v) is 4.29. The van der Waals surface area contributed by atoms with E-state index in [4.69, 9.17) is 9.84 Å². The Morgan fingerprint density at radius 3 is 2.81 bits per heavy atom. The van der Waals surface area contributed by atoms with Gasteiger partial charge in [-0.25, -0.2) is 4.98 Å². The highest BCUT2D eigenvalue weighted by Crippen LogP contribution is 2.21. The summed E-state index contributed by atoms with van der Waals surface area (Å²) >= 11 is 1.48. The van der Waals surface area contributed by atoms with Crippen molar-refractivity contribution in [2.45, 2.75) is 33.1 Å². The summed E-state index contributed by atoms with van der Waals surface area (Å²) in [5.41, 5.74) is 2.01. The number of carboxylic acid groups (broad SMARTS) is 1. The predicted octanol–water partition coefficient (Wildman–Crippen LogP) is 3.26. The van der Waals surface area contributed by atoms with Crippen molar-refractivity contribution in [1.82, 2.24) is 4.98 Å². The molecule has 0 radical (unpaired) electrons. The van der Waals surface area contributed by atoms with Gasteiger partial charge in [0.1, 0.15) is 5.75 Å². The molecule has 1 N–H and O–H groups in total. The quantitative estimate of drug-likeness (QED) is 0.853. The zero-order chi connectivity index (χ0) is 15.2. The molecule has 0 saturated carbocycles. The molecule has 0 fully saturated rings. The Kier molecular flexibility index (Phi) is 5.33. The molecule has 0 amide bonds. The average Bonchev–Trinajstić information content (AvgIpc) is 2.82. The van der Waals surface area contributed by atoms with Crippen LogP contribution in [-0.2, 0) is 24.1 Å². The van der Waals surface area contributed by atoms with Crippen LogP contribution in [0.5, 0.6) is 5.75 Å². The van der Waals surface area contributed by atoms with Gasteiger partial charge in [-0.2, -0.15) is 0 Å². The molecule has 1 heterocycles. The Morgan fingerprint density at radius 2 is 2.14 bits per heavy atom. The fourth-order valence-corrected chi connectivity index (χ4v) is 3.19. The Balaban J connectivity index is 1.96. The van der Waals surface area contributed by atoms with Gasteiger partial charge < -0.3 is 9.84 Å². The number of hydrogen-bond donors (Lipinski definition) is 1. The molecule has 0 bridgehead atoms. The van der Waals surface area contributed by atoms with Gasteiger partial charge in [0.25, 0.3) is 0 Å². The normalized spacial score (nSPS) is 10.6. The lowest BCUT2D eigenvalue weighted by Crippen LogP contribution is -2.02. The molecule has 5 heteroatoms. The van der Waals surface area contributed by atoms with Crippen molar-refractivity contribution in [3.05, 3.63) is 45.4 Å². The predicted molar refractivity (Wildman–Crippen MR) is 83.2 cm³/mol. The average molecular weight is 305 g/mol. The zero-order valence-electron chi connectivity index (χ0n) is 12.3. The maximum atomic E-state index is 10.8. The number of aromatic nitrogens is 1. The van der Waals surface area contributed by atoms with Gasteiger partial charge in [0.15, 0.2) is 0 Å². The summed E-state index contributed by atoms with van der Waals surface area (Å²) < 4.78 is 5.75. The highest BCUT2D eigenvalue weighted by atomic mass is 32.1. The molecule has 1 aromatic carbocycles. The van der Waals surface area contributed by atoms with Crippen molar-refractivity contribution in [2.75, 3.05) is 6.61 Å². The van der Waals surface area contributed by atoms with Crippen molar-refractivity contribution in [1.29, 1.82) is 0 Å². The molecule has 0 aliphatic carbocycles. The lowest BCUT2D eigenvalue weighted by atomic mass is 10.2. The number of ether oxygens (including phenoxy) is 1. The van der Waals surface area contributed by atoms with E-state index in [9.17, 15) is 4.79 Å².